The van der Waals surface area contributed by atoms with Gasteiger partial charge in [-0.1, -0.05) is 17.3 Å². The minimum Gasteiger partial charge on any atom is -0.338 e. The van der Waals surface area contributed by atoms with Crippen LogP contribution in [0.3, 0.4) is 0 Å². The van der Waals surface area contributed by atoms with Crippen molar-refractivity contribution in [3.05, 3.63) is 46.1 Å². The predicted molar refractivity (Wildman–Crippen MR) is 85.2 cm³/mol. The van der Waals surface area contributed by atoms with Crippen LogP contribution < -0.4 is 0 Å². The van der Waals surface area contributed by atoms with Gasteiger partial charge in [-0.25, -0.2) is 8.42 Å². The zero-order chi connectivity index (χ0) is 17.6. The van der Waals surface area contributed by atoms with Crippen LogP contribution in [0, 0.1) is 10.1 Å². The second kappa shape index (κ2) is 5.88. The molecule has 25 heavy (non-hydrogen) atoms. The van der Waals surface area contributed by atoms with E-state index in [1.165, 1.54) is 28.6 Å². The maximum atomic E-state index is 13.0. The van der Waals surface area contributed by atoms with E-state index in [4.69, 9.17) is 4.52 Å². The van der Waals surface area contributed by atoms with E-state index in [2.05, 4.69) is 10.1 Å². The first-order chi connectivity index (χ1) is 12.0. The fraction of sp³-hybridized carbons (Fsp3) is 0.467. The Labute approximate surface area is 143 Å². The van der Waals surface area contributed by atoms with Gasteiger partial charge < -0.3 is 4.52 Å². The average Bonchev–Trinajstić information content (AvgIpc) is 3.12. The molecule has 1 saturated carbocycles. The van der Waals surface area contributed by atoms with Gasteiger partial charge in [0.25, 0.3) is 15.7 Å². The van der Waals surface area contributed by atoms with Gasteiger partial charge in [-0.2, -0.15) is 9.29 Å². The summed E-state index contributed by atoms with van der Waals surface area (Å²) in [6.45, 7) is 0.264. The third-order valence-corrected chi connectivity index (χ3v) is 6.49. The van der Waals surface area contributed by atoms with Crippen LogP contribution in [-0.4, -0.2) is 34.3 Å². The van der Waals surface area contributed by atoms with Gasteiger partial charge in [-0.3, -0.25) is 10.1 Å². The molecule has 2 aliphatic rings. The van der Waals surface area contributed by atoms with Crippen molar-refractivity contribution in [1.29, 1.82) is 0 Å². The monoisotopic (exact) mass is 364 g/mol. The van der Waals surface area contributed by atoms with Crippen LogP contribution in [0.15, 0.2) is 33.7 Å². The molecule has 1 aliphatic carbocycles. The summed E-state index contributed by atoms with van der Waals surface area (Å²) in [5, 5.41) is 15.1. The van der Waals surface area contributed by atoms with Crippen molar-refractivity contribution in [2.75, 3.05) is 6.54 Å². The lowest BCUT2D eigenvalue weighted by Gasteiger charge is -2.21. The summed E-state index contributed by atoms with van der Waals surface area (Å²) in [5.74, 6) is 1.19. The summed E-state index contributed by atoms with van der Waals surface area (Å²) < 4.78 is 32.6. The Hall–Kier alpha value is -2.33. The van der Waals surface area contributed by atoms with Crippen LogP contribution in [0.2, 0.25) is 0 Å². The lowest BCUT2D eigenvalue weighted by molar-refractivity contribution is -0.387. The molecule has 1 saturated heterocycles. The van der Waals surface area contributed by atoms with E-state index in [0.29, 0.717) is 24.6 Å². The molecule has 2 heterocycles. The number of nitrogens with zero attached hydrogens (tertiary/aromatic N) is 4. The molecule has 0 N–H and O–H groups in total. The van der Waals surface area contributed by atoms with E-state index in [9.17, 15) is 18.5 Å². The average molecular weight is 364 g/mol. The molecule has 1 aromatic heterocycles. The molecule has 0 bridgehead atoms. The van der Waals surface area contributed by atoms with Crippen molar-refractivity contribution in [3.63, 3.8) is 0 Å². The Balaban J connectivity index is 1.70. The van der Waals surface area contributed by atoms with Gasteiger partial charge >= 0.3 is 0 Å². The summed E-state index contributed by atoms with van der Waals surface area (Å²) in [4.78, 5) is 14.6. The van der Waals surface area contributed by atoms with Crippen LogP contribution in [0.25, 0.3) is 0 Å². The number of para-hydroxylation sites is 1. The molecule has 1 aromatic carbocycles. The first kappa shape index (κ1) is 16.2. The summed E-state index contributed by atoms with van der Waals surface area (Å²) >= 11 is 0. The molecule has 0 amide bonds. The van der Waals surface area contributed by atoms with Gasteiger partial charge in [0, 0.05) is 18.5 Å². The highest BCUT2D eigenvalue weighted by Crippen LogP contribution is 2.41. The van der Waals surface area contributed by atoms with Crippen LogP contribution in [-0.2, 0) is 10.0 Å². The van der Waals surface area contributed by atoms with E-state index in [0.717, 1.165) is 12.8 Å². The first-order valence-electron chi connectivity index (χ1n) is 8.07. The largest absolute Gasteiger partial charge is 0.338 e. The maximum Gasteiger partial charge on any atom is 0.289 e. The van der Waals surface area contributed by atoms with Crippen molar-refractivity contribution in [2.24, 2.45) is 0 Å². The molecular weight excluding hydrogens is 348 g/mol. The quantitative estimate of drug-likeness (QED) is 0.590. The molecule has 1 atom stereocenters. The normalized spacial score (nSPS) is 21.5. The molecular formula is C15H16N4O5S. The Morgan fingerprint density at radius 1 is 1.24 bits per heavy atom. The Kier molecular flexibility index (Phi) is 3.80. The third-order valence-electron chi connectivity index (χ3n) is 4.54. The fourth-order valence-corrected chi connectivity index (χ4v) is 4.93. The lowest BCUT2D eigenvalue weighted by Crippen LogP contribution is -2.31. The van der Waals surface area contributed by atoms with Crippen LogP contribution >= 0.6 is 0 Å². The first-order valence-corrected chi connectivity index (χ1v) is 9.51. The SMILES string of the molecule is O=[N+]([O-])c1ccccc1S(=O)(=O)N1CCCC1c1nc(C2CC2)no1. The third kappa shape index (κ3) is 2.81. The Morgan fingerprint density at radius 3 is 2.72 bits per heavy atom. The van der Waals surface area contributed by atoms with Gasteiger partial charge in [-0.15, -0.1) is 0 Å². The number of aromatic nitrogens is 2. The van der Waals surface area contributed by atoms with Gasteiger partial charge in [0.05, 0.1) is 4.92 Å². The molecule has 9 nitrogen and oxygen atoms in total. The van der Waals surface area contributed by atoms with E-state index >= 15 is 0 Å². The topological polar surface area (TPSA) is 119 Å². The highest BCUT2D eigenvalue weighted by Gasteiger charge is 2.42. The van der Waals surface area contributed by atoms with E-state index in [1.807, 2.05) is 0 Å². The molecule has 0 radical (unpaired) electrons. The number of benzene rings is 1. The summed E-state index contributed by atoms with van der Waals surface area (Å²) in [7, 11) is -4.04. The van der Waals surface area contributed by atoms with Crippen LogP contribution in [0.5, 0.6) is 0 Å². The molecule has 10 heteroatoms. The molecule has 4 rings (SSSR count). The molecule has 1 unspecified atom stereocenters. The maximum absolute atomic E-state index is 13.0. The van der Waals surface area contributed by atoms with Crippen molar-refractivity contribution in [2.45, 2.75) is 42.5 Å². The lowest BCUT2D eigenvalue weighted by atomic mass is 10.2. The molecule has 2 fully saturated rings. The highest BCUT2D eigenvalue weighted by atomic mass is 32.2. The number of hydrogen-bond donors (Lipinski definition) is 0. The zero-order valence-corrected chi connectivity index (χ0v) is 14.1. The van der Waals surface area contributed by atoms with Gasteiger partial charge in [-0.05, 0) is 31.7 Å². The van der Waals surface area contributed by atoms with E-state index in [-0.39, 0.29) is 17.3 Å². The molecule has 0 spiro atoms. The second-order valence-corrected chi connectivity index (χ2v) is 8.12. The Morgan fingerprint density at radius 2 is 2.00 bits per heavy atom. The van der Waals surface area contributed by atoms with E-state index < -0.39 is 26.7 Å². The van der Waals surface area contributed by atoms with Crippen molar-refractivity contribution >= 4 is 15.7 Å². The smallest absolute Gasteiger partial charge is 0.289 e. The number of rotatable bonds is 5. The van der Waals surface area contributed by atoms with Crippen LogP contribution in [0.1, 0.15) is 49.4 Å². The zero-order valence-electron chi connectivity index (χ0n) is 13.2. The van der Waals surface area contributed by atoms with Gasteiger partial charge in [0.2, 0.25) is 5.89 Å². The summed E-state index contributed by atoms with van der Waals surface area (Å²) in [6.07, 6.45) is 3.21. The number of nitro groups is 1. The fourth-order valence-electron chi connectivity index (χ4n) is 3.12. The van der Waals surface area contributed by atoms with Gasteiger partial charge in [0.15, 0.2) is 10.7 Å². The minimum atomic E-state index is -4.04. The van der Waals surface area contributed by atoms with E-state index in [1.54, 1.807) is 0 Å². The molecule has 1 aliphatic heterocycles. The number of sulfonamides is 1. The minimum absolute atomic E-state index is 0.264. The predicted octanol–water partition coefficient (Wildman–Crippen LogP) is 2.38. The van der Waals surface area contributed by atoms with Crippen molar-refractivity contribution < 1.29 is 17.9 Å². The number of hydrogen-bond acceptors (Lipinski definition) is 7. The second-order valence-electron chi connectivity index (χ2n) is 6.26. The standard InChI is InChI=1S/C15H16N4O5S/c20-19(21)11-4-1-2-6-13(11)25(22,23)18-9-3-5-12(18)15-16-14(17-24-15)10-7-8-10/h1-2,4,6,10,12H,3,5,7-9H2. The molecule has 2 aromatic rings. The molecule has 132 valence electrons. The highest BCUT2D eigenvalue weighted by molar-refractivity contribution is 7.89. The van der Waals surface area contributed by atoms with Crippen molar-refractivity contribution in [1.82, 2.24) is 14.4 Å². The summed E-state index contributed by atoms with van der Waals surface area (Å²) in [5.41, 5.74) is -0.433. The Bertz CT molecular complexity index is 922. The number of nitro benzene ring substituents is 1. The van der Waals surface area contributed by atoms with Gasteiger partial charge in [0.1, 0.15) is 6.04 Å². The summed E-state index contributed by atoms with van der Waals surface area (Å²) in [6, 6.07) is 4.79. The van der Waals surface area contributed by atoms with Crippen molar-refractivity contribution in [3.8, 4) is 0 Å². The van der Waals surface area contributed by atoms with Crippen LogP contribution in [0.4, 0.5) is 5.69 Å².